The van der Waals surface area contributed by atoms with Crippen LogP contribution in [0.3, 0.4) is 0 Å². The van der Waals surface area contributed by atoms with Crippen LogP contribution in [0.25, 0.3) is 0 Å². The zero-order valence-electron chi connectivity index (χ0n) is 9.80. The van der Waals surface area contributed by atoms with Crippen LogP contribution in [0, 0.1) is 10.1 Å². The molecule has 0 unspecified atom stereocenters. The van der Waals surface area contributed by atoms with E-state index in [1.807, 2.05) is 0 Å². The van der Waals surface area contributed by atoms with E-state index in [4.69, 9.17) is 5.11 Å². The summed E-state index contributed by atoms with van der Waals surface area (Å²) in [5, 5.41) is 22.9. The van der Waals surface area contributed by atoms with E-state index in [9.17, 15) is 19.7 Å². The van der Waals surface area contributed by atoms with Crippen LogP contribution in [-0.4, -0.2) is 27.4 Å². The van der Waals surface area contributed by atoms with E-state index in [2.05, 4.69) is 5.32 Å². The van der Waals surface area contributed by atoms with Crippen molar-refractivity contribution in [3.63, 3.8) is 0 Å². The van der Waals surface area contributed by atoms with Crippen molar-refractivity contribution in [2.45, 2.75) is 25.8 Å². The van der Waals surface area contributed by atoms with E-state index < -0.39 is 22.3 Å². The predicted octanol–water partition coefficient (Wildman–Crippen LogP) is 1.64. The van der Waals surface area contributed by atoms with Crippen LogP contribution >= 0.6 is 11.3 Å². The molecular weight excluding hydrogens is 260 g/mol. The van der Waals surface area contributed by atoms with Crippen LogP contribution in [0.5, 0.6) is 0 Å². The Morgan fingerprint density at radius 1 is 1.56 bits per heavy atom. The van der Waals surface area contributed by atoms with E-state index in [1.54, 1.807) is 13.8 Å². The van der Waals surface area contributed by atoms with E-state index in [0.29, 0.717) is 0 Å². The molecule has 0 aliphatic heterocycles. The number of nitrogens with one attached hydrogen (secondary N) is 1. The number of carbonyl (C=O) groups is 2. The summed E-state index contributed by atoms with van der Waals surface area (Å²) in [6.45, 7) is 3.14. The highest BCUT2D eigenvalue weighted by Gasteiger charge is 2.25. The first-order valence-electron chi connectivity index (χ1n) is 4.98. The van der Waals surface area contributed by atoms with Crippen molar-refractivity contribution in [1.29, 1.82) is 0 Å². The fourth-order valence-corrected chi connectivity index (χ4v) is 2.05. The maximum absolute atomic E-state index is 11.8. The molecule has 0 aliphatic rings. The van der Waals surface area contributed by atoms with Crippen molar-refractivity contribution in [2.75, 3.05) is 0 Å². The Morgan fingerprint density at radius 3 is 2.61 bits per heavy atom. The lowest BCUT2D eigenvalue weighted by Gasteiger charge is -2.23. The Hall–Kier alpha value is -1.96. The highest BCUT2D eigenvalue weighted by atomic mass is 32.1. The Labute approximate surface area is 107 Å². The van der Waals surface area contributed by atoms with Gasteiger partial charge < -0.3 is 10.4 Å². The van der Waals surface area contributed by atoms with Gasteiger partial charge in [-0.05, 0) is 13.8 Å². The summed E-state index contributed by atoms with van der Waals surface area (Å²) in [4.78, 5) is 32.2. The Bertz CT molecular complexity index is 494. The fourth-order valence-electron chi connectivity index (χ4n) is 1.34. The highest BCUT2D eigenvalue weighted by Crippen LogP contribution is 2.23. The number of hydrogen-bond donors (Lipinski definition) is 2. The van der Waals surface area contributed by atoms with Crippen LogP contribution in [0.15, 0.2) is 11.4 Å². The minimum absolute atomic E-state index is 0.129. The van der Waals surface area contributed by atoms with Gasteiger partial charge in [-0.25, -0.2) is 0 Å². The van der Waals surface area contributed by atoms with Crippen molar-refractivity contribution in [3.05, 3.63) is 27.1 Å². The van der Waals surface area contributed by atoms with Crippen molar-refractivity contribution < 1.29 is 19.6 Å². The van der Waals surface area contributed by atoms with Crippen molar-refractivity contribution >= 4 is 28.2 Å². The third-order valence-corrected chi connectivity index (χ3v) is 2.95. The first-order chi connectivity index (χ1) is 8.21. The number of amides is 1. The number of carboxylic acids is 1. The molecule has 7 nitrogen and oxygen atoms in total. The molecule has 1 aromatic rings. The van der Waals surface area contributed by atoms with Gasteiger partial charge in [-0.1, -0.05) is 11.3 Å². The molecule has 0 atom stereocenters. The lowest BCUT2D eigenvalue weighted by molar-refractivity contribution is -0.380. The third kappa shape index (κ3) is 3.81. The molecule has 2 N–H and O–H groups in total. The Balaban J connectivity index is 2.75. The summed E-state index contributed by atoms with van der Waals surface area (Å²) in [6, 6.07) is 1.16. The second-order valence-electron chi connectivity index (χ2n) is 4.34. The Kier molecular flexibility index (Phi) is 4.02. The number of aliphatic carboxylic acids is 1. The molecular formula is C10H12N2O5S. The van der Waals surface area contributed by atoms with Gasteiger partial charge in [0, 0.05) is 17.0 Å². The van der Waals surface area contributed by atoms with Gasteiger partial charge in [-0.15, -0.1) is 0 Å². The van der Waals surface area contributed by atoms with Gasteiger partial charge in [0.25, 0.3) is 5.91 Å². The number of nitrogens with zero attached hydrogens (tertiary/aromatic N) is 1. The SMILES string of the molecule is CC(C)(CC(=O)O)NC(=O)c1csc([N+](=O)[O-])c1. The largest absolute Gasteiger partial charge is 0.481 e. The number of hydrogen-bond acceptors (Lipinski definition) is 5. The molecule has 18 heavy (non-hydrogen) atoms. The van der Waals surface area contributed by atoms with Gasteiger partial charge >= 0.3 is 11.0 Å². The summed E-state index contributed by atoms with van der Waals surface area (Å²) >= 11 is 0.850. The molecule has 0 aliphatic carbocycles. The molecule has 0 saturated carbocycles. The number of carboxylic acid groups (broad SMARTS) is 1. The zero-order valence-corrected chi connectivity index (χ0v) is 10.6. The van der Waals surface area contributed by atoms with Crippen LogP contribution in [-0.2, 0) is 4.79 Å². The van der Waals surface area contributed by atoms with Crippen LogP contribution in [0.1, 0.15) is 30.6 Å². The molecule has 0 spiro atoms. The number of thiophene rings is 1. The molecule has 8 heteroatoms. The second-order valence-corrected chi connectivity index (χ2v) is 5.23. The Morgan fingerprint density at radius 2 is 2.17 bits per heavy atom. The van der Waals surface area contributed by atoms with Gasteiger partial charge in [0.1, 0.15) is 0 Å². The minimum Gasteiger partial charge on any atom is -0.481 e. The lowest BCUT2D eigenvalue weighted by atomic mass is 10.0. The van der Waals surface area contributed by atoms with E-state index in [1.165, 1.54) is 5.38 Å². The predicted molar refractivity (Wildman–Crippen MR) is 64.8 cm³/mol. The van der Waals surface area contributed by atoms with Gasteiger partial charge in [0.2, 0.25) is 0 Å². The molecule has 1 amide bonds. The van der Waals surface area contributed by atoms with Crippen molar-refractivity contribution in [1.82, 2.24) is 5.32 Å². The molecule has 0 radical (unpaired) electrons. The van der Waals surface area contributed by atoms with Crippen LogP contribution in [0.2, 0.25) is 0 Å². The topological polar surface area (TPSA) is 110 Å². The van der Waals surface area contributed by atoms with Crippen LogP contribution in [0.4, 0.5) is 5.00 Å². The average Bonchev–Trinajstić information content (AvgIpc) is 2.62. The summed E-state index contributed by atoms with van der Waals surface area (Å²) in [6.07, 6.45) is -0.231. The first kappa shape index (κ1) is 14.1. The average molecular weight is 272 g/mol. The minimum atomic E-state index is -1.03. The zero-order chi connectivity index (χ0) is 13.9. The smallest absolute Gasteiger partial charge is 0.324 e. The molecule has 1 heterocycles. The molecule has 0 fully saturated rings. The molecule has 1 aromatic heterocycles. The molecule has 98 valence electrons. The first-order valence-corrected chi connectivity index (χ1v) is 5.86. The lowest BCUT2D eigenvalue weighted by Crippen LogP contribution is -2.44. The van der Waals surface area contributed by atoms with Gasteiger partial charge in [-0.3, -0.25) is 19.7 Å². The van der Waals surface area contributed by atoms with E-state index in [-0.39, 0.29) is 17.0 Å². The molecule has 0 bridgehead atoms. The quantitative estimate of drug-likeness (QED) is 0.625. The number of nitro groups is 1. The number of carbonyl (C=O) groups excluding carboxylic acids is 1. The summed E-state index contributed by atoms with van der Waals surface area (Å²) in [5.41, 5.74) is -0.759. The van der Waals surface area contributed by atoms with Gasteiger partial charge in [0.05, 0.1) is 16.9 Å². The van der Waals surface area contributed by atoms with Crippen molar-refractivity contribution in [2.24, 2.45) is 0 Å². The molecule has 0 saturated heterocycles. The maximum Gasteiger partial charge on any atom is 0.324 e. The van der Waals surface area contributed by atoms with Gasteiger partial charge in [-0.2, -0.15) is 0 Å². The third-order valence-electron chi connectivity index (χ3n) is 2.07. The summed E-state index contributed by atoms with van der Waals surface area (Å²) in [5.74, 6) is -1.55. The normalized spacial score (nSPS) is 11.0. The number of rotatable bonds is 5. The van der Waals surface area contributed by atoms with Crippen molar-refractivity contribution in [3.8, 4) is 0 Å². The monoisotopic (exact) mass is 272 g/mol. The molecule has 1 rings (SSSR count). The summed E-state index contributed by atoms with van der Waals surface area (Å²) < 4.78 is 0. The van der Waals surface area contributed by atoms with Gasteiger partial charge in [0.15, 0.2) is 0 Å². The van der Waals surface area contributed by atoms with E-state index >= 15 is 0 Å². The van der Waals surface area contributed by atoms with Crippen LogP contribution < -0.4 is 5.32 Å². The fraction of sp³-hybridized carbons (Fsp3) is 0.400. The second kappa shape index (κ2) is 5.13. The van der Waals surface area contributed by atoms with E-state index in [0.717, 1.165) is 17.4 Å². The maximum atomic E-state index is 11.8. The standard InChI is InChI=1S/C10H12N2O5S/c1-10(2,4-8(13)14)11-9(15)6-3-7(12(16)17)18-5-6/h3,5H,4H2,1-2H3,(H,11,15)(H,13,14). The molecule has 0 aromatic carbocycles. The summed E-state index contributed by atoms with van der Waals surface area (Å²) in [7, 11) is 0. The highest BCUT2D eigenvalue weighted by molar-refractivity contribution is 7.13.